The van der Waals surface area contributed by atoms with Crippen LogP contribution >= 0.6 is 0 Å². The molecule has 0 bridgehead atoms. The number of amides is 1. The molecule has 1 N–H and O–H groups in total. The Morgan fingerprint density at radius 2 is 1.17 bits per heavy atom. The van der Waals surface area contributed by atoms with E-state index in [2.05, 4.69) is 123 Å². The molecule has 3 nitrogen and oxygen atoms in total. The molecule has 0 spiro atoms. The van der Waals surface area contributed by atoms with Crippen LogP contribution in [0.3, 0.4) is 0 Å². The van der Waals surface area contributed by atoms with Gasteiger partial charge in [-0.15, -0.1) is 0 Å². The van der Waals surface area contributed by atoms with Crippen LogP contribution in [0.2, 0.25) is 0 Å². The van der Waals surface area contributed by atoms with E-state index in [-0.39, 0.29) is 17.6 Å². The van der Waals surface area contributed by atoms with Crippen molar-refractivity contribution >= 4 is 11.7 Å². The highest BCUT2D eigenvalue weighted by Crippen LogP contribution is 2.20. The smallest absolute Gasteiger partial charge is 0.220 e. The fourth-order valence-corrected chi connectivity index (χ4v) is 4.25. The molecule has 1 atom stereocenters. The number of benzene rings is 1. The third-order valence-corrected chi connectivity index (χ3v) is 6.66. The molecule has 1 aromatic carbocycles. The molecule has 0 aliphatic carbocycles. The fraction of sp³-hybridized carbons (Fsp3) is 0.474. The zero-order chi connectivity index (χ0) is 30.0. The maximum Gasteiger partial charge on any atom is 0.220 e. The van der Waals surface area contributed by atoms with Gasteiger partial charge in [-0.2, -0.15) is 0 Å². The average molecular weight is 558 g/mol. The van der Waals surface area contributed by atoms with Crippen molar-refractivity contribution in [1.29, 1.82) is 0 Å². The Balaban J connectivity index is 2.05. The Kier molecular flexibility index (Phi) is 21.5. The Hall–Kier alpha value is -3.20. The van der Waals surface area contributed by atoms with E-state index >= 15 is 0 Å². The van der Waals surface area contributed by atoms with Gasteiger partial charge in [0.1, 0.15) is 5.78 Å². The lowest BCUT2D eigenvalue weighted by Gasteiger charge is -2.12. The Labute approximate surface area is 251 Å². The Morgan fingerprint density at radius 3 is 1.66 bits per heavy atom. The van der Waals surface area contributed by atoms with Gasteiger partial charge in [-0.3, -0.25) is 9.59 Å². The van der Waals surface area contributed by atoms with Crippen LogP contribution in [0, 0.1) is 5.92 Å². The maximum atomic E-state index is 12.6. The molecule has 1 amide bonds. The number of nitrogens with one attached hydrogen (secondary N) is 1. The van der Waals surface area contributed by atoms with Crippen molar-refractivity contribution in [3.05, 3.63) is 108 Å². The highest BCUT2D eigenvalue weighted by molar-refractivity contribution is 5.85. The standard InChI is InChI=1S/C38H55NO2/c1-5-6-7-8-9-10-11-12-13-14-15-16-17-18-19-20-21-22-23-26-38(41)39-31-24-25-37(40)34(4)36-29-27-35(28-30-36)32-33(2)3/h6-7,9-10,12-13,15-16,18-19,21-22,27-30,33-34H,5,8,11,14,17,20,23-26,31-32H2,1-4H3,(H,39,41)/b7-6-,10-9-,13-12-,16-15-,19-18-,22-21-. The molecule has 41 heavy (non-hydrogen) atoms. The quantitative estimate of drug-likeness (QED) is 0.114. The van der Waals surface area contributed by atoms with E-state index < -0.39 is 0 Å². The lowest BCUT2D eigenvalue weighted by molar-refractivity contribution is -0.122. The molecule has 0 aliphatic heterocycles. The van der Waals surface area contributed by atoms with Gasteiger partial charge in [0.05, 0.1) is 0 Å². The molecular weight excluding hydrogens is 502 g/mol. The van der Waals surface area contributed by atoms with Gasteiger partial charge >= 0.3 is 0 Å². The minimum Gasteiger partial charge on any atom is -0.356 e. The first-order valence-electron chi connectivity index (χ1n) is 15.7. The molecule has 0 fully saturated rings. The first-order valence-corrected chi connectivity index (χ1v) is 15.7. The molecule has 224 valence electrons. The monoisotopic (exact) mass is 557 g/mol. The zero-order valence-corrected chi connectivity index (χ0v) is 26.2. The van der Waals surface area contributed by atoms with Crippen molar-refractivity contribution in [1.82, 2.24) is 5.32 Å². The number of ketones is 1. The normalized spacial score (nSPS) is 13.3. The molecule has 0 saturated heterocycles. The fourth-order valence-electron chi connectivity index (χ4n) is 4.25. The predicted molar refractivity (Wildman–Crippen MR) is 178 cm³/mol. The van der Waals surface area contributed by atoms with E-state index in [1.54, 1.807) is 0 Å². The summed E-state index contributed by atoms with van der Waals surface area (Å²) in [5.74, 6) is 0.798. The third kappa shape index (κ3) is 20.3. The molecular formula is C38H55NO2. The van der Waals surface area contributed by atoms with Crippen LogP contribution in [0.25, 0.3) is 0 Å². The van der Waals surface area contributed by atoms with Gasteiger partial charge < -0.3 is 5.32 Å². The first-order chi connectivity index (χ1) is 19.9. The zero-order valence-electron chi connectivity index (χ0n) is 26.2. The second-order valence-electron chi connectivity index (χ2n) is 10.9. The van der Waals surface area contributed by atoms with Crippen LogP contribution in [0.15, 0.2) is 97.2 Å². The van der Waals surface area contributed by atoms with Gasteiger partial charge in [0.2, 0.25) is 5.91 Å². The molecule has 0 aliphatic rings. The van der Waals surface area contributed by atoms with Gasteiger partial charge in [0.25, 0.3) is 0 Å². The molecule has 1 aromatic rings. The summed E-state index contributed by atoms with van der Waals surface area (Å²) in [4.78, 5) is 24.6. The molecule has 1 unspecified atom stereocenters. The summed E-state index contributed by atoms with van der Waals surface area (Å²) in [7, 11) is 0. The second-order valence-corrected chi connectivity index (χ2v) is 10.9. The summed E-state index contributed by atoms with van der Waals surface area (Å²) >= 11 is 0. The molecule has 3 heteroatoms. The minimum atomic E-state index is -0.105. The van der Waals surface area contributed by atoms with Gasteiger partial charge in [-0.05, 0) is 74.8 Å². The van der Waals surface area contributed by atoms with Crippen molar-refractivity contribution in [2.45, 2.75) is 104 Å². The molecule has 0 heterocycles. The van der Waals surface area contributed by atoms with Crippen molar-refractivity contribution in [2.24, 2.45) is 5.92 Å². The van der Waals surface area contributed by atoms with Gasteiger partial charge in [0.15, 0.2) is 0 Å². The third-order valence-electron chi connectivity index (χ3n) is 6.66. The molecule has 0 saturated carbocycles. The topological polar surface area (TPSA) is 46.2 Å². The molecule has 0 radical (unpaired) electrons. The second kappa shape index (κ2) is 24.6. The van der Waals surface area contributed by atoms with E-state index in [4.69, 9.17) is 0 Å². The number of rotatable bonds is 22. The average Bonchev–Trinajstić information content (AvgIpc) is 2.96. The van der Waals surface area contributed by atoms with E-state index in [9.17, 15) is 9.59 Å². The first kappa shape index (κ1) is 35.8. The number of hydrogen-bond acceptors (Lipinski definition) is 2. The van der Waals surface area contributed by atoms with Gasteiger partial charge in [-0.1, -0.05) is 125 Å². The van der Waals surface area contributed by atoms with Crippen LogP contribution in [0.4, 0.5) is 0 Å². The number of hydrogen-bond donors (Lipinski definition) is 1. The van der Waals surface area contributed by atoms with Gasteiger partial charge in [0, 0.05) is 25.3 Å². The van der Waals surface area contributed by atoms with Crippen molar-refractivity contribution in [3.63, 3.8) is 0 Å². The van der Waals surface area contributed by atoms with E-state index in [1.807, 2.05) is 6.92 Å². The minimum absolute atomic E-state index is 0.0470. The molecule has 1 rings (SSSR count). The van der Waals surface area contributed by atoms with Crippen LogP contribution in [0.1, 0.15) is 109 Å². The predicted octanol–water partition coefficient (Wildman–Crippen LogP) is 9.93. The largest absolute Gasteiger partial charge is 0.356 e. The number of Topliss-reactive ketones (excluding diaryl/α,β-unsaturated/α-hetero) is 1. The van der Waals surface area contributed by atoms with Crippen LogP contribution < -0.4 is 5.32 Å². The van der Waals surface area contributed by atoms with Gasteiger partial charge in [-0.25, -0.2) is 0 Å². The van der Waals surface area contributed by atoms with E-state index in [1.165, 1.54) is 5.56 Å². The number of carbonyl (C=O) groups excluding carboxylic acids is 2. The van der Waals surface area contributed by atoms with E-state index in [0.29, 0.717) is 31.7 Å². The number of allylic oxidation sites excluding steroid dienone is 12. The Morgan fingerprint density at radius 1 is 0.683 bits per heavy atom. The molecule has 0 aromatic heterocycles. The van der Waals surface area contributed by atoms with Crippen molar-refractivity contribution < 1.29 is 9.59 Å². The highest BCUT2D eigenvalue weighted by atomic mass is 16.1. The Bertz CT molecular complexity index is 1010. The maximum absolute atomic E-state index is 12.6. The van der Waals surface area contributed by atoms with Crippen LogP contribution in [-0.2, 0) is 16.0 Å². The summed E-state index contributed by atoms with van der Waals surface area (Å²) < 4.78 is 0. The lowest BCUT2D eigenvalue weighted by Crippen LogP contribution is -2.24. The summed E-state index contributed by atoms with van der Waals surface area (Å²) in [5, 5.41) is 2.94. The lowest BCUT2D eigenvalue weighted by atomic mass is 9.92. The van der Waals surface area contributed by atoms with Crippen LogP contribution in [0.5, 0.6) is 0 Å². The summed E-state index contributed by atoms with van der Waals surface area (Å²) in [6, 6.07) is 8.43. The van der Waals surface area contributed by atoms with Crippen LogP contribution in [-0.4, -0.2) is 18.2 Å². The summed E-state index contributed by atoms with van der Waals surface area (Å²) in [6.45, 7) is 9.10. The van der Waals surface area contributed by atoms with Crippen molar-refractivity contribution in [3.8, 4) is 0 Å². The summed E-state index contributed by atoms with van der Waals surface area (Å²) in [6.07, 6.45) is 35.5. The van der Waals surface area contributed by atoms with Crippen molar-refractivity contribution in [2.75, 3.05) is 6.54 Å². The number of carbonyl (C=O) groups is 2. The SMILES string of the molecule is CC/C=C\C/C=C\C/C=C\C/C=C\C/C=C\C/C=C\CCC(=O)NCCCC(=O)C(C)c1ccc(CC(C)C)cc1. The summed E-state index contributed by atoms with van der Waals surface area (Å²) in [5.41, 5.74) is 2.39. The van der Waals surface area contributed by atoms with E-state index in [0.717, 1.165) is 56.9 Å². The highest BCUT2D eigenvalue weighted by Gasteiger charge is 2.15.